The van der Waals surface area contributed by atoms with E-state index in [1.807, 2.05) is 44.2 Å². The normalized spacial score (nSPS) is 25.5. The van der Waals surface area contributed by atoms with Crippen LogP contribution in [0.2, 0.25) is 0 Å². The number of likely N-dealkylation sites (tertiary alicyclic amines) is 1. The average molecular weight is 485 g/mol. The molecule has 1 aliphatic heterocycles. The Labute approximate surface area is 208 Å². The topological polar surface area (TPSA) is 95.9 Å². The summed E-state index contributed by atoms with van der Waals surface area (Å²) >= 11 is 0. The number of ether oxygens (including phenoxy) is 1. The Morgan fingerprint density at radius 2 is 1.89 bits per heavy atom. The fourth-order valence-electron chi connectivity index (χ4n) is 5.55. The number of nitrogens with zero attached hydrogens (tertiary/aromatic N) is 1. The molecule has 5 atom stereocenters. The van der Waals surface area contributed by atoms with Crippen LogP contribution in [0.5, 0.6) is 0 Å². The minimum Gasteiger partial charge on any atom is -0.466 e. The molecule has 1 fully saturated rings. The second kappa shape index (κ2) is 12.3. The van der Waals surface area contributed by atoms with Crippen LogP contribution in [0.25, 0.3) is 0 Å². The fraction of sp³-hybridized carbons (Fsp3) is 0.607. The molecule has 35 heavy (non-hydrogen) atoms. The Bertz CT molecular complexity index is 943. The molecule has 2 N–H and O–H groups in total. The predicted octanol–water partition coefficient (Wildman–Crippen LogP) is 4.01. The number of hydrogen-bond acceptors (Lipinski definition) is 5. The maximum Gasteiger partial charge on any atom is 0.310 e. The molecule has 0 spiro atoms. The zero-order valence-electron chi connectivity index (χ0n) is 21.5. The number of aryl methyl sites for hydroxylation is 2. The third kappa shape index (κ3) is 5.95. The number of hydrogen-bond donors (Lipinski definition) is 2. The van der Waals surface area contributed by atoms with Crippen molar-refractivity contribution in [2.24, 2.45) is 23.7 Å². The molecule has 2 amide bonds. The lowest BCUT2D eigenvalue weighted by molar-refractivity contribution is -0.155. The number of nitrogens with one attached hydrogen (secondary N) is 1. The second-order valence-corrected chi connectivity index (χ2v) is 9.79. The molecule has 2 aliphatic rings. The molecule has 1 aliphatic carbocycles. The van der Waals surface area contributed by atoms with Gasteiger partial charge in [-0.2, -0.15) is 0 Å². The van der Waals surface area contributed by atoms with E-state index < -0.39 is 23.8 Å². The first-order valence-electron chi connectivity index (χ1n) is 13.0. The van der Waals surface area contributed by atoms with E-state index in [1.54, 1.807) is 11.8 Å². The largest absolute Gasteiger partial charge is 0.466 e. The molecule has 3 rings (SSSR count). The summed E-state index contributed by atoms with van der Waals surface area (Å²) in [6, 6.07) is 5.20. The van der Waals surface area contributed by atoms with Gasteiger partial charge in [0.25, 0.3) is 0 Å². The van der Waals surface area contributed by atoms with Gasteiger partial charge in [-0.05, 0) is 69.6 Å². The smallest absolute Gasteiger partial charge is 0.310 e. The lowest BCUT2D eigenvalue weighted by Gasteiger charge is -2.33. The van der Waals surface area contributed by atoms with Gasteiger partial charge in [0.05, 0.1) is 18.4 Å². The van der Waals surface area contributed by atoms with E-state index in [1.165, 1.54) is 0 Å². The summed E-state index contributed by atoms with van der Waals surface area (Å²) < 4.78 is 5.41. The lowest BCUT2D eigenvalue weighted by Crippen LogP contribution is -2.44. The van der Waals surface area contributed by atoms with E-state index in [4.69, 9.17) is 9.84 Å². The van der Waals surface area contributed by atoms with Gasteiger partial charge in [-0.3, -0.25) is 14.4 Å². The fourth-order valence-corrected chi connectivity index (χ4v) is 5.55. The van der Waals surface area contributed by atoms with Crippen LogP contribution in [-0.4, -0.2) is 53.6 Å². The van der Waals surface area contributed by atoms with Crippen LogP contribution in [0.4, 0.5) is 5.69 Å². The van der Waals surface area contributed by atoms with Gasteiger partial charge in [-0.25, -0.2) is 0 Å². The Balaban J connectivity index is 1.96. The number of carbonyl (C=O) groups excluding carboxylic acids is 3. The van der Waals surface area contributed by atoms with Gasteiger partial charge in [-0.15, -0.1) is 0 Å². The summed E-state index contributed by atoms with van der Waals surface area (Å²) in [7, 11) is 0. The van der Waals surface area contributed by atoms with Crippen molar-refractivity contribution in [1.29, 1.82) is 0 Å². The number of amides is 2. The summed E-state index contributed by atoms with van der Waals surface area (Å²) in [6.07, 6.45) is 7.77. The van der Waals surface area contributed by atoms with Crippen molar-refractivity contribution >= 4 is 23.5 Å². The second-order valence-electron chi connectivity index (χ2n) is 9.79. The number of unbranched alkanes of at least 4 members (excludes halogenated alkanes) is 2. The third-order valence-corrected chi connectivity index (χ3v) is 7.27. The minimum absolute atomic E-state index is 0.0821. The first-order chi connectivity index (χ1) is 16.8. The van der Waals surface area contributed by atoms with Gasteiger partial charge in [0.15, 0.2) is 0 Å². The van der Waals surface area contributed by atoms with Crippen LogP contribution in [0.1, 0.15) is 57.1 Å². The van der Waals surface area contributed by atoms with Gasteiger partial charge in [0.2, 0.25) is 11.8 Å². The number of anilines is 1. The Hall–Kier alpha value is -2.67. The highest BCUT2D eigenvalue weighted by molar-refractivity contribution is 6.02. The summed E-state index contributed by atoms with van der Waals surface area (Å²) in [5.41, 5.74) is 2.72. The molecule has 0 radical (unpaired) electrons. The van der Waals surface area contributed by atoms with Crippen molar-refractivity contribution < 1.29 is 24.2 Å². The van der Waals surface area contributed by atoms with E-state index in [0.29, 0.717) is 19.4 Å². The number of aliphatic hydroxyl groups excluding tert-OH is 1. The maximum absolute atomic E-state index is 13.8. The predicted molar refractivity (Wildman–Crippen MR) is 136 cm³/mol. The number of allylic oxidation sites excluding steroid dienone is 1. The van der Waals surface area contributed by atoms with Crippen molar-refractivity contribution in [2.75, 3.05) is 25.1 Å². The van der Waals surface area contributed by atoms with E-state index >= 15 is 0 Å². The van der Waals surface area contributed by atoms with Gasteiger partial charge in [-0.1, -0.05) is 37.6 Å². The molecule has 0 unspecified atom stereocenters. The Morgan fingerprint density at radius 1 is 1.11 bits per heavy atom. The zero-order chi connectivity index (χ0) is 25.5. The molecule has 0 aromatic heterocycles. The number of aliphatic hydroxyl groups is 1. The van der Waals surface area contributed by atoms with Crippen LogP contribution in [0.15, 0.2) is 30.4 Å². The highest BCUT2D eigenvalue weighted by atomic mass is 16.5. The van der Waals surface area contributed by atoms with Crippen molar-refractivity contribution in [3.8, 4) is 0 Å². The average Bonchev–Trinajstić information content (AvgIpc) is 3.11. The number of fused-ring (bicyclic) bond motifs is 1. The van der Waals surface area contributed by atoms with E-state index in [9.17, 15) is 14.4 Å². The molecule has 1 heterocycles. The van der Waals surface area contributed by atoms with Crippen LogP contribution in [-0.2, 0) is 19.1 Å². The van der Waals surface area contributed by atoms with Crippen LogP contribution >= 0.6 is 0 Å². The molecule has 7 heteroatoms. The van der Waals surface area contributed by atoms with Crippen LogP contribution in [0.3, 0.4) is 0 Å². The lowest BCUT2D eigenvalue weighted by atomic mass is 9.69. The summed E-state index contributed by atoms with van der Waals surface area (Å²) in [5.74, 6) is -2.41. The van der Waals surface area contributed by atoms with Crippen LogP contribution in [0, 0.1) is 37.5 Å². The van der Waals surface area contributed by atoms with E-state index in [2.05, 4.69) is 12.2 Å². The van der Waals surface area contributed by atoms with E-state index in [-0.39, 0.29) is 36.9 Å². The summed E-state index contributed by atoms with van der Waals surface area (Å²) in [4.78, 5) is 42.2. The Kier molecular flexibility index (Phi) is 9.49. The number of benzene rings is 1. The molecule has 0 bridgehead atoms. The molecule has 1 saturated heterocycles. The number of rotatable bonds is 11. The number of esters is 1. The zero-order valence-corrected chi connectivity index (χ0v) is 21.5. The van der Waals surface area contributed by atoms with Crippen molar-refractivity contribution in [3.63, 3.8) is 0 Å². The first-order valence-corrected chi connectivity index (χ1v) is 13.0. The number of carbonyl (C=O) groups is 3. The maximum atomic E-state index is 13.8. The molecule has 0 saturated carbocycles. The quantitative estimate of drug-likeness (QED) is 0.281. The molecule has 1 aromatic carbocycles. The SMILES string of the molecule is CCC[C@@H]1C=C[C@H]2[C@H](C(=O)N(CCCCCO)[C@@H]2C(=O)Nc2cc(C)ccc2C)[C@@H]1C(=O)OCC. The van der Waals surface area contributed by atoms with Gasteiger partial charge < -0.3 is 20.1 Å². The monoisotopic (exact) mass is 484 g/mol. The highest BCUT2D eigenvalue weighted by Crippen LogP contribution is 2.46. The van der Waals surface area contributed by atoms with Gasteiger partial charge in [0, 0.05) is 24.8 Å². The molecular weight excluding hydrogens is 444 g/mol. The van der Waals surface area contributed by atoms with E-state index in [0.717, 1.165) is 36.1 Å². The van der Waals surface area contributed by atoms with Gasteiger partial charge in [0.1, 0.15) is 6.04 Å². The van der Waals surface area contributed by atoms with Crippen molar-refractivity contribution in [3.05, 3.63) is 41.5 Å². The minimum atomic E-state index is -0.697. The summed E-state index contributed by atoms with van der Waals surface area (Å²) in [5, 5.41) is 12.2. The van der Waals surface area contributed by atoms with Crippen LogP contribution < -0.4 is 5.32 Å². The third-order valence-electron chi connectivity index (χ3n) is 7.27. The molecule has 7 nitrogen and oxygen atoms in total. The highest BCUT2D eigenvalue weighted by Gasteiger charge is 2.57. The first kappa shape index (κ1) is 26.9. The molecular formula is C28H40N2O5. The Morgan fingerprint density at radius 3 is 2.57 bits per heavy atom. The standard InChI is InChI=1S/C28H40N2O5/c1-5-10-20-13-14-21-24(23(20)28(34)35-6-2)27(33)30(15-8-7-9-16-31)25(21)26(32)29-22-17-18(3)11-12-19(22)4/h11-14,17,20-21,23-25,31H,5-10,15-16H2,1-4H3,(H,29,32)/t20-,21+,23-,24+,25+/m1/s1. The van der Waals surface area contributed by atoms with Gasteiger partial charge >= 0.3 is 5.97 Å². The molecule has 192 valence electrons. The van der Waals surface area contributed by atoms with Crippen molar-refractivity contribution in [2.45, 2.75) is 65.8 Å². The summed E-state index contributed by atoms with van der Waals surface area (Å²) in [6.45, 7) is 8.52. The van der Waals surface area contributed by atoms with Crippen molar-refractivity contribution in [1.82, 2.24) is 4.90 Å². The molecule has 1 aromatic rings.